The number of benzene rings is 1. The summed E-state index contributed by atoms with van der Waals surface area (Å²) in [7, 11) is 0. The van der Waals surface area contributed by atoms with Crippen LogP contribution in [-0.4, -0.2) is 161 Å². The smallest absolute Gasteiger partial charge is 0.326 e. The molecule has 6 amide bonds. The number of aliphatic imine (C=N–C) groups is 2. The summed E-state index contributed by atoms with van der Waals surface area (Å²) in [6.45, 7) is 1.41. The van der Waals surface area contributed by atoms with Gasteiger partial charge in [0.05, 0.1) is 24.8 Å². The fourth-order valence-corrected chi connectivity index (χ4v) is 6.47. The number of nitrogens with two attached hydrogens (primary N) is 8. The summed E-state index contributed by atoms with van der Waals surface area (Å²) < 4.78 is 0. The fourth-order valence-electron chi connectivity index (χ4n) is 6.47. The van der Waals surface area contributed by atoms with Gasteiger partial charge in [-0.05, 0) is 102 Å². The van der Waals surface area contributed by atoms with Crippen LogP contribution in [0.1, 0.15) is 76.7 Å². The first-order chi connectivity index (χ1) is 32.1. The third-order valence-corrected chi connectivity index (χ3v) is 10.2. The molecule has 27 nitrogen and oxygen atoms in total. The average Bonchev–Trinajstić information content (AvgIpc) is 3.28. The lowest BCUT2D eigenvalue weighted by molar-refractivity contribution is -0.142. The lowest BCUT2D eigenvalue weighted by atomic mass is 10.0. The summed E-state index contributed by atoms with van der Waals surface area (Å²) >= 11 is 0. The van der Waals surface area contributed by atoms with Crippen molar-refractivity contribution in [1.29, 1.82) is 0 Å². The molecule has 384 valence electrons. The lowest BCUT2D eigenvalue weighted by Crippen LogP contribution is -2.62. The SMILES string of the molecule is C[C@@H](O)[C@H](NC(=O)[C@@H](CCCN)NC(=O)[C@H](C[C@H](O)CN=C(N)N)NC(=O)[C@@H](N)CCCN=C(N)N)C(=O)N[C@H](CCCN)C(=O)N[C@@H](CCCCN)C(=O)N[C@H](Cc1ccc(O)cc1)C(=O)O. The summed E-state index contributed by atoms with van der Waals surface area (Å²) in [6, 6.07) is -4.21. The molecule has 0 bridgehead atoms. The van der Waals surface area contributed by atoms with Gasteiger partial charge >= 0.3 is 5.97 Å². The highest BCUT2D eigenvalue weighted by molar-refractivity contribution is 5.97. The van der Waals surface area contributed by atoms with Crippen LogP contribution >= 0.6 is 0 Å². The number of carbonyl (C=O) groups excluding carboxylic acids is 6. The Balaban J connectivity index is 3.35. The monoisotopic (exact) mass is 967 g/mol. The molecular formula is C41H74N16O11. The quantitative estimate of drug-likeness (QED) is 0.0173. The van der Waals surface area contributed by atoms with Crippen molar-refractivity contribution < 1.29 is 54.0 Å². The number of nitrogens with zero attached hydrogens (tertiary/aromatic N) is 2. The largest absolute Gasteiger partial charge is 0.508 e. The number of aliphatic carboxylic acids is 1. The van der Waals surface area contributed by atoms with Crippen LogP contribution in [-0.2, 0) is 40.0 Å². The van der Waals surface area contributed by atoms with Crippen LogP contribution in [0, 0.1) is 0 Å². The van der Waals surface area contributed by atoms with Crippen molar-refractivity contribution in [3.63, 3.8) is 0 Å². The number of hydrogen-bond donors (Lipinski definition) is 18. The van der Waals surface area contributed by atoms with E-state index in [0.29, 0.717) is 24.8 Å². The Hall–Kier alpha value is -6.39. The molecular weight excluding hydrogens is 893 g/mol. The van der Waals surface area contributed by atoms with E-state index in [9.17, 15) is 54.0 Å². The zero-order valence-electron chi connectivity index (χ0n) is 38.5. The standard InChI is InChI=1S/C41H74N16O11/c1-22(58)32(57-36(64)29(10-5-17-44)53-37(65)30(20-25(60)21-51-41(48)49)55-33(61)26(45)7-6-18-50-40(46)47)38(66)54-28(9-4-16-43)34(62)52-27(8-2-3-15-42)35(63)56-31(39(67)68)19-23-11-13-24(59)14-12-23/h11-14,22,25-32,58-60H,2-10,15-21,42-45H2,1H3,(H,52,62)(H,53,65)(H,54,66)(H,55,61)(H,56,63)(H,57,64)(H,67,68)(H4,46,47,50)(H4,48,49,51)/t22-,25+,26+,27+,28-,29-,30+,31-,32+/m1/s1. The van der Waals surface area contributed by atoms with E-state index in [4.69, 9.17) is 45.9 Å². The molecule has 0 aromatic heterocycles. The highest BCUT2D eigenvalue weighted by Gasteiger charge is 2.35. The van der Waals surface area contributed by atoms with Gasteiger partial charge in [-0.15, -0.1) is 0 Å². The first kappa shape index (κ1) is 59.6. The van der Waals surface area contributed by atoms with Crippen molar-refractivity contribution in [2.24, 2.45) is 55.9 Å². The molecule has 0 aliphatic carbocycles. The molecule has 0 aliphatic heterocycles. The van der Waals surface area contributed by atoms with Crippen LogP contribution in [0.4, 0.5) is 0 Å². The van der Waals surface area contributed by atoms with E-state index in [1.165, 1.54) is 31.2 Å². The van der Waals surface area contributed by atoms with E-state index < -0.39 is 102 Å². The van der Waals surface area contributed by atoms with Crippen molar-refractivity contribution in [3.05, 3.63) is 29.8 Å². The third-order valence-electron chi connectivity index (χ3n) is 10.2. The van der Waals surface area contributed by atoms with E-state index in [-0.39, 0.29) is 95.3 Å². The number of rotatable bonds is 34. The van der Waals surface area contributed by atoms with E-state index in [0.717, 1.165) is 0 Å². The Kier molecular flexibility index (Phi) is 28.4. The van der Waals surface area contributed by atoms with E-state index in [1.807, 2.05) is 0 Å². The summed E-state index contributed by atoms with van der Waals surface area (Å²) in [4.78, 5) is 102. The molecule has 1 aromatic carbocycles. The van der Waals surface area contributed by atoms with Crippen LogP contribution in [0.15, 0.2) is 34.3 Å². The molecule has 0 fully saturated rings. The van der Waals surface area contributed by atoms with Gasteiger partial charge in [0.15, 0.2) is 11.9 Å². The van der Waals surface area contributed by atoms with Gasteiger partial charge in [-0.2, -0.15) is 0 Å². The van der Waals surface area contributed by atoms with Crippen LogP contribution in [0.2, 0.25) is 0 Å². The number of aliphatic hydroxyl groups excluding tert-OH is 2. The molecule has 26 N–H and O–H groups in total. The topological polar surface area (TPSA) is 505 Å². The molecule has 0 aliphatic rings. The van der Waals surface area contributed by atoms with Crippen LogP contribution < -0.4 is 77.8 Å². The molecule has 0 unspecified atom stereocenters. The number of phenolic OH excluding ortho intramolecular Hbond substituents is 1. The number of carbonyl (C=O) groups is 7. The number of carboxylic acid groups (broad SMARTS) is 1. The number of phenols is 1. The Labute approximate surface area is 394 Å². The first-order valence-corrected chi connectivity index (χ1v) is 22.3. The Morgan fingerprint density at radius 2 is 1.03 bits per heavy atom. The highest BCUT2D eigenvalue weighted by atomic mass is 16.4. The number of aliphatic hydroxyl groups is 2. The van der Waals surface area contributed by atoms with Crippen LogP contribution in [0.5, 0.6) is 5.75 Å². The summed E-state index contributed by atoms with van der Waals surface area (Å²) in [5.74, 6) is -7.36. The second kappa shape index (κ2) is 32.3. The van der Waals surface area contributed by atoms with Gasteiger partial charge in [-0.3, -0.25) is 38.8 Å². The van der Waals surface area contributed by atoms with Gasteiger partial charge in [0.25, 0.3) is 0 Å². The predicted molar refractivity (Wildman–Crippen MR) is 251 cm³/mol. The van der Waals surface area contributed by atoms with Crippen molar-refractivity contribution in [2.45, 2.75) is 132 Å². The van der Waals surface area contributed by atoms with E-state index >= 15 is 0 Å². The molecule has 0 spiro atoms. The van der Waals surface area contributed by atoms with Crippen molar-refractivity contribution in [3.8, 4) is 5.75 Å². The second-order valence-corrected chi connectivity index (χ2v) is 16.1. The molecule has 9 atom stereocenters. The van der Waals surface area contributed by atoms with Gasteiger partial charge in [-0.1, -0.05) is 12.1 Å². The number of carboxylic acids is 1. The molecule has 68 heavy (non-hydrogen) atoms. The highest BCUT2D eigenvalue weighted by Crippen LogP contribution is 2.13. The Morgan fingerprint density at radius 3 is 1.51 bits per heavy atom. The zero-order chi connectivity index (χ0) is 51.3. The van der Waals surface area contributed by atoms with Crippen LogP contribution in [0.3, 0.4) is 0 Å². The molecule has 1 aromatic rings. The van der Waals surface area contributed by atoms with Gasteiger partial charge in [0.1, 0.15) is 42.0 Å². The van der Waals surface area contributed by atoms with E-state index in [1.54, 1.807) is 0 Å². The summed E-state index contributed by atoms with van der Waals surface area (Å²) in [6.07, 6.45) is -2.12. The van der Waals surface area contributed by atoms with Crippen molar-refractivity contribution in [1.82, 2.24) is 31.9 Å². The molecule has 0 saturated carbocycles. The summed E-state index contributed by atoms with van der Waals surface area (Å²) in [5, 5.41) is 55.8. The fraction of sp³-hybridized carbons (Fsp3) is 0.634. The van der Waals surface area contributed by atoms with Crippen molar-refractivity contribution in [2.75, 3.05) is 32.7 Å². The minimum atomic E-state index is -1.73. The molecule has 27 heteroatoms. The van der Waals surface area contributed by atoms with E-state index in [2.05, 4.69) is 41.9 Å². The molecule has 0 radical (unpaired) electrons. The number of amides is 6. The van der Waals surface area contributed by atoms with Gasteiger partial charge < -0.3 is 98.2 Å². The Morgan fingerprint density at radius 1 is 0.574 bits per heavy atom. The number of nitrogens with one attached hydrogen (secondary N) is 6. The average molecular weight is 967 g/mol. The molecule has 0 saturated heterocycles. The number of unbranched alkanes of at least 4 members (excludes halogenated alkanes) is 1. The van der Waals surface area contributed by atoms with Crippen LogP contribution in [0.25, 0.3) is 0 Å². The normalized spacial score (nSPS) is 15.0. The number of hydrogen-bond acceptors (Lipinski definition) is 16. The van der Waals surface area contributed by atoms with Gasteiger partial charge in [-0.25, -0.2) is 4.79 Å². The lowest BCUT2D eigenvalue weighted by Gasteiger charge is -2.29. The van der Waals surface area contributed by atoms with Gasteiger partial charge in [0.2, 0.25) is 35.4 Å². The third kappa shape index (κ3) is 23.9. The summed E-state index contributed by atoms with van der Waals surface area (Å²) in [5.41, 5.74) is 45.1. The maximum atomic E-state index is 13.9. The first-order valence-electron chi connectivity index (χ1n) is 22.3. The number of aromatic hydroxyl groups is 1. The zero-order valence-corrected chi connectivity index (χ0v) is 38.5. The maximum Gasteiger partial charge on any atom is 0.326 e. The molecule has 0 heterocycles. The maximum absolute atomic E-state index is 13.9. The number of guanidine groups is 2. The predicted octanol–water partition coefficient (Wildman–Crippen LogP) is -6.68. The second-order valence-electron chi connectivity index (χ2n) is 16.1. The van der Waals surface area contributed by atoms with Gasteiger partial charge in [0, 0.05) is 19.4 Å². The van der Waals surface area contributed by atoms with Crippen molar-refractivity contribution >= 4 is 53.3 Å². The minimum Gasteiger partial charge on any atom is -0.508 e. The molecule has 1 rings (SSSR count). The Bertz CT molecular complexity index is 1810. The minimum absolute atomic E-state index is 0.0351.